The van der Waals surface area contributed by atoms with E-state index in [0.29, 0.717) is 5.95 Å². The van der Waals surface area contributed by atoms with Gasteiger partial charge in [-0.1, -0.05) is 0 Å². The first kappa shape index (κ1) is 11.9. The summed E-state index contributed by atoms with van der Waals surface area (Å²) in [7, 11) is 3.86. The van der Waals surface area contributed by atoms with E-state index in [9.17, 15) is 0 Å². The van der Waals surface area contributed by atoms with Crippen molar-refractivity contribution in [2.24, 2.45) is 0 Å². The van der Waals surface area contributed by atoms with Crippen LogP contribution < -0.4 is 10.2 Å². The van der Waals surface area contributed by atoms with Crippen LogP contribution in [-0.2, 0) is 0 Å². The molecule has 0 saturated carbocycles. The highest BCUT2D eigenvalue weighted by molar-refractivity contribution is 7.07. The van der Waals surface area contributed by atoms with Crippen molar-refractivity contribution < 1.29 is 0 Å². The third-order valence-electron chi connectivity index (χ3n) is 2.45. The van der Waals surface area contributed by atoms with Gasteiger partial charge in [0, 0.05) is 20.3 Å². The van der Waals surface area contributed by atoms with E-state index < -0.39 is 0 Å². The largest absolute Gasteiger partial charge is 0.363 e. The molecule has 4 nitrogen and oxygen atoms in total. The molecule has 0 fully saturated rings. The minimum absolute atomic E-state index is 0.256. The Morgan fingerprint density at radius 2 is 2.18 bits per heavy atom. The van der Waals surface area contributed by atoms with E-state index in [1.807, 2.05) is 25.1 Å². The van der Waals surface area contributed by atoms with Crippen LogP contribution in [0.4, 0.5) is 11.8 Å². The fourth-order valence-corrected chi connectivity index (χ4v) is 2.22. The van der Waals surface area contributed by atoms with Crippen molar-refractivity contribution in [3.63, 3.8) is 0 Å². The summed E-state index contributed by atoms with van der Waals surface area (Å²) in [6, 6.07) is 4.26. The highest BCUT2D eigenvalue weighted by Gasteiger charge is 2.07. The lowest BCUT2D eigenvalue weighted by atomic mass is 10.2. The normalized spacial score (nSPS) is 12.2. The van der Waals surface area contributed by atoms with Gasteiger partial charge in [-0.15, -0.1) is 0 Å². The number of anilines is 2. The zero-order valence-electron chi connectivity index (χ0n) is 10.2. The second-order valence-electron chi connectivity index (χ2n) is 4.06. The lowest BCUT2D eigenvalue weighted by molar-refractivity contribution is 0.873. The monoisotopic (exact) mass is 248 g/mol. The molecule has 0 spiro atoms. The molecule has 90 valence electrons. The van der Waals surface area contributed by atoms with Gasteiger partial charge < -0.3 is 10.2 Å². The summed E-state index contributed by atoms with van der Waals surface area (Å²) in [6.07, 6.45) is 1.77. The Kier molecular flexibility index (Phi) is 3.58. The summed E-state index contributed by atoms with van der Waals surface area (Å²) in [4.78, 5) is 10.5. The molecule has 0 saturated heterocycles. The second kappa shape index (κ2) is 5.14. The first-order valence-electron chi connectivity index (χ1n) is 5.46. The molecule has 2 aromatic rings. The maximum Gasteiger partial charge on any atom is 0.226 e. The summed E-state index contributed by atoms with van der Waals surface area (Å²) in [5, 5.41) is 7.60. The van der Waals surface area contributed by atoms with E-state index in [1.54, 1.807) is 17.5 Å². The highest BCUT2D eigenvalue weighted by atomic mass is 32.1. The molecule has 2 aromatic heterocycles. The van der Waals surface area contributed by atoms with E-state index in [4.69, 9.17) is 0 Å². The van der Waals surface area contributed by atoms with Gasteiger partial charge in [-0.2, -0.15) is 16.3 Å². The van der Waals surface area contributed by atoms with Crippen LogP contribution in [0, 0.1) is 0 Å². The molecule has 0 aliphatic rings. The second-order valence-corrected chi connectivity index (χ2v) is 4.84. The average Bonchev–Trinajstić information content (AvgIpc) is 2.82. The Morgan fingerprint density at radius 3 is 2.82 bits per heavy atom. The number of nitrogens with zero attached hydrogens (tertiary/aromatic N) is 3. The number of hydrogen-bond acceptors (Lipinski definition) is 5. The number of thiophene rings is 1. The van der Waals surface area contributed by atoms with Crippen LogP contribution >= 0.6 is 11.3 Å². The smallest absolute Gasteiger partial charge is 0.226 e. The molecule has 0 bridgehead atoms. The summed E-state index contributed by atoms with van der Waals surface area (Å²) in [6.45, 7) is 2.12. The predicted molar refractivity (Wildman–Crippen MR) is 72.7 cm³/mol. The topological polar surface area (TPSA) is 41.1 Å². The molecular formula is C12H16N4S. The van der Waals surface area contributed by atoms with Crippen LogP contribution in [0.2, 0.25) is 0 Å². The molecule has 1 unspecified atom stereocenters. The van der Waals surface area contributed by atoms with Crippen molar-refractivity contribution in [1.29, 1.82) is 0 Å². The lowest BCUT2D eigenvalue weighted by Crippen LogP contribution is -2.14. The van der Waals surface area contributed by atoms with Gasteiger partial charge in [-0.25, -0.2) is 4.98 Å². The maximum atomic E-state index is 4.43. The van der Waals surface area contributed by atoms with Crippen LogP contribution in [0.25, 0.3) is 0 Å². The van der Waals surface area contributed by atoms with Gasteiger partial charge in [-0.05, 0) is 35.4 Å². The third-order valence-corrected chi connectivity index (χ3v) is 3.15. The van der Waals surface area contributed by atoms with Gasteiger partial charge in [0.2, 0.25) is 5.95 Å². The minimum atomic E-state index is 0.256. The molecule has 1 N–H and O–H groups in total. The van der Waals surface area contributed by atoms with Crippen molar-refractivity contribution in [3.05, 3.63) is 34.7 Å². The van der Waals surface area contributed by atoms with Crippen molar-refractivity contribution in [1.82, 2.24) is 9.97 Å². The van der Waals surface area contributed by atoms with Gasteiger partial charge in [0.15, 0.2) is 0 Å². The standard InChI is InChI=1S/C12H16N4S/c1-9(10-5-7-17-8-10)14-11-4-6-13-12(15-11)16(2)3/h4-9H,1-3H3,(H,13,14,15). The van der Waals surface area contributed by atoms with Crippen molar-refractivity contribution in [2.75, 3.05) is 24.3 Å². The Balaban J connectivity index is 2.11. The average molecular weight is 248 g/mol. The molecule has 2 heterocycles. The fraction of sp³-hybridized carbons (Fsp3) is 0.333. The summed E-state index contributed by atoms with van der Waals surface area (Å²) in [5.74, 6) is 1.56. The summed E-state index contributed by atoms with van der Waals surface area (Å²) >= 11 is 1.71. The molecule has 0 aliphatic heterocycles. The maximum absolute atomic E-state index is 4.43. The van der Waals surface area contributed by atoms with Gasteiger partial charge in [-0.3, -0.25) is 0 Å². The first-order chi connectivity index (χ1) is 8.16. The van der Waals surface area contributed by atoms with E-state index in [0.717, 1.165) is 5.82 Å². The zero-order chi connectivity index (χ0) is 12.3. The van der Waals surface area contributed by atoms with Crippen molar-refractivity contribution >= 4 is 23.1 Å². The zero-order valence-corrected chi connectivity index (χ0v) is 11.0. The van der Waals surface area contributed by atoms with Crippen LogP contribution in [0.15, 0.2) is 29.1 Å². The molecule has 17 heavy (non-hydrogen) atoms. The van der Waals surface area contributed by atoms with E-state index in [1.165, 1.54) is 5.56 Å². The third kappa shape index (κ3) is 2.94. The molecule has 0 aromatic carbocycles. The number of hydrogen-bond donors (Lipinski definition) is 1. The Hall–Kier alpha value is -1.62. The SMILES string of the molecule is CC(Nc1ccnc(N(C)C)n1)c1ccsc1. The predicted octanol–water partition coefficient (Wildman–Crippen LogP) is 2.78. The molecule has 5 heteroatoms. The minimum Gasteiger partial charge on any atom is -0.363 e. The summed E-state index contributed by atoms with van der Waals surface area (Å²) < 4.78 is 0. The quantitative estimate of drug-likeness (QED) is 0.903. The Labute approximate surface area is 105 Å². The molecule has 0 aliphatic carbocycles. The Bertz CT molecular complexity index is 467. The fourth-order valence-electron chi connectivity index (χ4n) is 1.47. The van der Waals surface area contributed by atoms with E-state index in [2.05, 4.69) is 39.0 Å². The Morgan fingerprint density at radius 1 is 1.35 bits per heavy atom. The number of rotatable bonds is 4. The molecule has 0 radical (unpaired) electrons. The van der Waals surface area contributed by atoms with Gasteiger partial charge in [0.1, 0.15) is 5.82 Å². The number of nitrogens with one attached hydrogen (secondary N) is 1. The van der Waals surface area contributed by atoms with E-state index in [-0.39, 0.29) is 6.04 Å². The molecule has 2 rings (SSSR count). The van der Waals surface area contributed by atoms with Gasteiger partial charge >= 0.3 is 0 Å². The molecular weight excluding hydrogens is 232 g/mol. The number of aromatic nitrogens is 2. The van der Waals surface area contributed by atoms with Crippen molar-refractivity contribution in [3.8, 4) is 0 Å². The summed E-state index contributed by atoms with van der Waals surface area (Å²) in [5.41, 5.74) is 1.28. The van der Waals surface area contributed by atoms with Crippen LogP contribution in [0.1, 0.15) is 18.5 Å². The van der Waals surface area contributed by atoms with Gasteiger partial charge in [0.05, 0.1) is 6.04 Å². The van der Waals surface area contributed by atoms with E-state index >= 15 is 0 Å². The van der Waals surface area contributed by atoms with Crippen LogP contribution in [0.5, 0.6) is 0 Å². The molecule has 1 atom stereocenters. The first-order valence-corrected chi connectivity index (χ1v) is 6.40. The lowest BCUT2D eigenvalue weighted by Gasteiger charge is -2.15. The molecule has 0 amide bonds. The van der Waals surface area contributed by atoms with Crippen molar-refractivity contribution in [2.45, 2.75) is 13.0 Å². The van der Waals surface area contributed by atoms with Crippen LogP contribution in [-0.4, -0.2) is 24.1 Å². The van der Waals surface area contributed by atoms with Gasteiger partial charge in [0.25, 0.3) is 0 Å². The highest BCUT2D eigenvalue weighted by Crippen LogP contribution is 2.20. The van der Waals surface area contributed by atoms with Crippen LogP contribution in [0.3, 0.4) is 0 Å².